The number of sulfone groups is 1. The average Bonchev–Trinajstić information content (AvgIpc) is 3.13. The molecule has 0 bridgehead atoms. The summed E-state index contributed by atoms with van der Waals surface area (Å²) >= 11 is 1.55. The summed E-state index contributed by atoms with van der Waals surface area (Å²) < 4.78 is 25.2. The van der Waals surface area contributed by atoms with Crippen LogP contribution in [0.25, 0.3) is 10.2 Å². The van der Waals surface area contributed by atoms with Crippen molar-refractivity contribution < 1.29 is 8.42 Å². The number of fused-ring (bicyclic) bond motifs is 1. The van der Waals surface area contributed by atoms with Crippen LogP contribution in [0.4, 0.5) is 11.5 Å². The zero-order valence-corrected chi connectivity index (χ0v) is 14.6. The molecular formula is C18H13N3O2S2. The van der Waals surface area contributed by atoms with Gasteiger partial charge in [-0.2, -0.15) is 0 Å². The summed E-state index contributed by atoms with van der Waals surface area (Å²) in [6.07, 6.45) is 1.51. The predicted molar refractivity (Wildman–Crippen MR) is 99.0 cm³/mol. The van der Waals surface area contributed by atoms with E-state index in [-0.39, 0.29) is 9.79 Å². The van der Waals surface area contributed by atoms with Crippen molar-refractivity contribution in [3.63, 3.8) is 0 Å². The highest BCUT2D eigenvalue weighted by Gasteiger charge is 2.16. The monoisotopic (exact) mass is 367 g/mol. The molecule has 4 aromatic rings. The van der Waals surface area contributed by atoms with Crippen LogP contribution in [0, 0.1) is 0 Å². The molecule has 2 aromatic heterocycles. The molecule has 1 N–H and O–H groups in total. The number of anilines is 2. The van der Waals surface area contributed by atoms with Crippen LogP contribution in [0.15, 0.2) is 82.2 Å². The molecule has 0 radical (unpaired) electrons. The summed E-state index contributed by atoms with van der Waals surface area (Å²) in [4.78, 5) is 9.92. The van der Waals surface area contributed by atoms with Crippen molar-refractivity contribution in [3.05, 3.63) is 72.4 Å². The second-order valence-corrected chi connectivity index (χ2v) is 8.17. The molecule has 0 spiro atoms. The molecule has 0 amide bonds. The number of rotatable bonds is 4. The normalized spacial score (nSPS) is 11.5. The Morgan fingerprint density at radius 1 is 0.840 bits per heavy atom. The topological polar surface area (TPSA) is 72.0 Å². The molecule has 2 aromatic carbocycles. The predicted octanol–water partition coefficient (Wildman–Crippen LogP) is 4.27. The van der Waals surface area contributed by atoms with Crippen molar-refractivity contribution in [2.45, 2.75) is 9.79 Å². The number of nitrogens with zero attached hydrogens (tertiary/aromatic N) is 2. The fourth-order valence-corrected chi connectivity index (χ4v) is 4.49. The molecule has 0 aliphatic heterocycles. The summed E-state index contributed by atoms with van der Waals surface area (Å²) in [6.45, 7) is 0. The molecule has 0 aliphatic carbocycles. The van der Waals surface area contributed by atoms with Crippen molar-refractivity contribution in [2.24, 2.45) is 0 Å². The molecule has 0 unspecified atom stereocenters. The minimum atomic E-state index is -3.51. The van der Waals surface area contributed by atoms with Gasteiger partial charge in [0.1, 0.15) is 17.0 Å². The summed E-state index contributed by atoms with van der Waals surface area (Å²) in [7, 11) is -3.51. The minimum Gasteiger partial charge on any atom is -0.340 e. The maximum Gasteiger partial charge on any atom is 0.206 e. The van der Waals surface area contributed by atoms with E-state index in [0.717, 1.165) is 15.9 Å². The second kappa shape index (κ2) is 6.27. The Labute approximate surface area is 148 Å². The molecular weight excluding hydrogens is 354 g/mol. The third kappa shape index (κ3) is 2.99. The van der Waals surface area contributed by atoms with Crippen LogP contribution >= 0.6 is 11.3 Å². The first-order valence-corrected chi connectivity index (χ1v) is 9.86. The van der Waals surface area contributed by atoms with Gasteiger partial charge in [-0.25, -0.2) is 18.4 Å². The Kier molecular flexibility index (Phi) is 3.95. The van der Waals surface area contributed by atoms with Gasteiger partial charge in [-0.05, 0) is 47.8 Å². The number of aromatic nitrogens is 2. The molecule has 0 saturated heterocycles. The van der Waals surface area contributed by atoms with Crippen molar-refractivity contribution in [1.29, 1.82) is 0 Å². The number of thiophene rings is 1. The van der Waals surface area contributed by atoms with Crippen LogP contribution in [0.2, 0.25) is 0 Å². The van der Waals surface area contributed by atoms with E-state index in [2.05, 4.69) is 15.3 Å². The van der Waals surface area contributed by atoms with Crippen molar-refractivity contribution >= 4 is 42.9 Å². The minimum absolute atomic E-state index is 0.257. The maximum absolute atomic E-state index is 12.6. The van der Waals surface area contributed by atoms with E-state index >= 15 is 0 Å². The third-order valence-corrected chi connectivity index (χ3v) is 6.35. The van der Waals surface area contributed by atoms with E-state index in [4.69, 9.17) is 0 Å². The van der Waals surface area contributed by atoms with E-state index in [9.17, 15) is 8.42 Å². The highest BCUT2D eigenvalue weighted by molar-refractivity contribution is 7.91. The van der Waals surface area contributed by atoms with Crippen molar-refractivity contribution in [1.82, 2.24) is 9.97 Å². The highest BCUT2D eigenvalue weighted by Crippen LogP contribution is 2.27. The molecule has 0 atom stereocenters. The lowest BCUT2D eigenvalue weighted by atomic mass is 10.3. The first-order chi connectivity index (χ1) is 12.1. The maximum atomic E-state index is 12.6. The van der Waals surface area contributed by atoms with E-state index in [1.807, 2.05) is 11.4 Å². The van der Waals surface area contributed by atoms with Crippen molar-refractivity contribution in [3.8, 4) is 0 Å². The summed E-state index contributed by atoms with van der Waals surface area (Å²) in [5, 5.41) is 6.11. The Balaban J connectivity index is 1.64. The zero-order valence-electron chi connectivity index (χ0n) is 13.0. The SMILES string of the molecule is O=S(=O)(c1ccccc1)c1ccc(Nc2ncnc3sccc23)cc1. The molecule has 0 saturated carbocycles. The van der Waals surface area contributed by atoms with Gasteiger partial charge in [0, 0.05) is 5.69 Å². The fraction of sp³-hybridized carbons (Fsp3) is 0. The van der Waals surface area contributed by atoms with Crippen LogP contribution in [0.1, 0.15) is 0 Å². The molecule has 0 aliphatic rings. The van der Waals surface area contributed by atoms with Crippen LogP contribution in [0.3, 0.4) is 0 Å². The Morgan fingerprint density at radius 2 is 1.56 bits per heavy atom. The van der Waals surface area contributed by atoms with Crippen LogP contribution in [-0.4, -0.2) is 18.4 Å². The van der Waals surface area contributed by atoms with Gasteiger partial charge in [0.05, 0.1) is 15.2 Å². The smallest absolute Gasteiger partial charge is 0.206 e. The van der Waals surface area contributed by atoms with Crippen LogP contribution in [-0.2, 0) is 9.84 Å². The lowest BCUT2D eigenvalue weighted by Gasteiger charge is -2.08. The second-order valence-electron chi connectivity index (χ2n) is 5.33. The fourth-order valence-electron chi connectivity index (χ4n) is 2.48. The van der Waals surface area contributed by atoms with Gasteiger partial charge in [0.2, 0.25) is 9.84 Å². The summed E-state index contributed by atoms with van der Waals surface area (Å²) in [6, 6.07) is 17.0. The van der Waals surface area contributed by atoms with E-state index in [1.165, 1.54) is 6.33 Å². The van der Waals surface area contributed by atoms with Crippen LogP contribution < -0.4 is 5.32 Å². The lowest BCUT2D eigenvalue weighted by Crippen LogP contribution is -2.02. The van der Waals surface area contributed by atoms with Gasteiger partial charge in [-0.15, -0.1) is 11.3 Å². The Bertz CT molecular complexity index is 1120. The molecule has 4 rings (SSSR count). The van der Waals surface area contributed by atoms with Gasteiger partial charge < -0.3 is 5.32 Å². The standard InChI is InChI=1S/C18H13N3O2S2/c22-25(23,14-4-2-1-3-5-14)15-8-6-13(7-9-15)21-17-16-10-11-24-18(16)20-12-19-17/h1-12H,(H,19,20,21). The molecule has 124 valence electrons. The summed E-state index contributed by atoms with van der Waals surface area (Å²) in [5.41, 5.74) is 0.762. The van der Waals surface area contributed by atoms with Gasteiger partial charge >= 0.3 is 0 Å². The molecule has 7 heteroatoms. The average molecular weight is 367 g/mol. The van der Waals surface area contributed by atoms with Crippen molar-refractivity contribution in [2.75, 3.05) is 5.32 Å². The van der Waals surface area contributed by atoms with Gasteiger partial charge in [-0.3, -0.25) is 0 Å². The van der Waals surface area contributed by atoms with E-state index in [0.29, 0.717) is 5.82 Å². The summed E-state index contributed by atoms with van der Waals surface area (Å²) in [5.74, 6) is 0.699. The lowest BCUT2D eigenvalue weighted by molar-refractivity contribution is 0.596. The first kappa shape index (κ1) is 15.7. The third-order valence-electron chi connectivity index (χ3n) is 3.74. The molecule has 25 heavy (non-hydrogen) atoms. The van der Waals surface area contributed by atoms with E-state index < -0.39 is 9.84 Å². The quantitative estimate of drug-likeness (QED) is 0.583. The molecule has 5 nitrogen and oxygen atoms in total. The van der Waals surface area contributed by atoms with Gasteiger partial charge in [-0.1, -0.05) is 18.2 Å². The first-order valence-electron chi connectivity index (χ1n) is 7.50. The van der Waals surface area contributed by atoms with Gasteiger partial charge in [0.15, 0.2) is 0 Å². The number of hydrogen-bond acceptors (Lipinski definition) is 6. The molecule has 0 fully saturated rings. The number of nitrogens with one attached hydrogen (secondary N) is 1. The highest BCUT2D eigenvalue weighted by atomic mass is 32.2. The Hall–Kier alpha value is -2.77. The van der Waals surface area contributed by atoms with Gasteiger partial charge in [0.25, 0.3) is 0 Å². The zero-order chi connectivity index (χ0) is 17.3. The Morgan fingerprint density at radius 3 is 2.32 bits per heavy atom. The largest absolute Gasteiger partial charge is 0.340 e. The van der Waals surface area contributed by atoms with Crippen LogP contribution in [0.5, 0.6) is 0 Å². The van der Waals surface area contributed by atoms with E-state index in [1.54, 1.807) is 65.9 Å². The number of hydrogen-bond donors (Lipinski definition) is 1. The number of benzene rings is 2. The molecule has 2 heterocycles.